The van der Waals surface area contributed by atoms with Gasteiger partial charge in [-0.3, -0.25) is 4.28 Å². The highest BCUT2D eigenvalue weighted by molar-refractivity contribution is 7.86. The molecule has 0 unspecified atom stereocenters. The summed E-state index contributed by atoms with van der Waals surface area (Å²) >= 11 is 0. The molecule has 0 aliphatic heterocycles. The van der Waals surface area contributed by atoms with E-state index in [9.17, 15) is 18.6 Å². The molecule has 7 heteroatoms. The van der Waals surface area contributed by atoms with Crippen molar-refractivity contribution >= 4 is 10.1 Å². The Morgan fingerprint density at radius 3 is 2.33 bits per heavy atom. The van der Waals surface area contributed by atoms with E-state index >= 15 is 0 Å². The molecule has 0 bridgehead atoms. The van der Waals surface area contributed by atoms with Crippen LogP contribution in [0.15, 0.2) is 36.4 Å². The Balaban J connectivity index is 2.51. The molecule has 0 atom stereocenters. The predicted octanol–water partition coefficient (Wildman–Crippen LogP) is 0.954. The number of hydrogen-bond acceptors (Lipinski definition) is 5. The molecule has 96 valence electrons. The molecule has 6 nitrogen and oxygen atoms in total. The Labute approximate surface area is 104 Å². The minimum Gasteiger partial charge on any atom is -0.492 e. The zero-order valence-corrected chi connectivity index (χ0v) is 10.3. The number of aromatic nitrogens is 1. The third-order valence-electron chi connectivity index (χ3n) is 2.21. The van der Waals surface area contributed by atoms with Crippen LogP contribution in [0.3, 0.4) is 0 Å². The van der Waals surface area contributed by atoms with Crippen molar-refractivity contribution in [2.75, 3.05) is 6.26 Å². The van der Waals surface area contributed by atoms with Crippen LogP contribution in [0.1, 0.15) is 0 Å². The van der Waals surface area contributed by atoms with Crippen LogP contribution in [0.25, 0.3) is 11.1 Å². The van der Waals surface area contributed by atoms with E-state index in [4.69, 9.17) is 0 Å². The van der Waals surface area contributed by atoms with Crippen LogP contribution in [0.5, 0.6) is 11.8 Å². The Hall–Kier alpha value is -2.15. The Kier molecular flexibility index (Phi) is 2.92. The lowest BCUT2D eigenvalue weighted by atomic mass is 10.1. The van der Waals surface area contributed by atoms with Gasteiger partial charge < -0.3 is 10.2 Å². The lowest BCUT2D eigenvalue weighted by Crippen LogP contribution is -2.17. The van der Waals surface area contributed by atoms with E-state index in [1.807, 2.05) is 0 Å². The molecule has 0 aliphatic rings. The first-order chi connectivity index (χ1) is 8.38. The molecule has 0 aliphatic carbocycles. The smallest absolute Gasteiger partial charge is 0.324 e. The van der Waals surface area contributed by atoms with Gasteiger partial charge >= 0.3 is 10.1 Å². The van der Waals surface area contributed by atoms with Gasteiger partial charge in [0.15, 0.2) is 0 Å². The van der Waals surface area contributed by atoms with Gasteiger partial charge in [-0.05, 0) is 5.56 Å². The lowest BCUT2D eigenvalue weighted by molar-refractivity contribution is 0.205. The summed E-state index contributed by atoms with van der Waals surface area (Å²) in [6.07, 6.45) is 0.814. The van der Waals surface area contributed by atoms with Crippen molar-refractivity contribution in [3.63, 3.8) is 0 Å². The Bertz CT molecular complexity index is 660. The number of rotatable bonds is 3. The largest absolute Gasteiger partial charge is 0.492 e. The second-order valence-electron chi connectivity index (χ2n) is 3.68. The van der Waals surface area contributed by atoms with Crippen LogP contribution in [0.4, 0.5) is 0 Å². The van der Waals surface area contributed by atoms with E-state index in [1.54, 1.807) is 30.3 Å². The van der Waals surface area contributed by atoms with Crippen LogP contribution in [0, 0.1) is 0 Å². The maximum absolute atomic E-state index is 11.0. The topological polar surface area (TPSA) is 88.8 Å². The summed E-state index contributed by atoms with van der Waals surface area (Å²) in [4.78, 5) is 0. The summed E-state index contributed by atoms with van der Waals surface area (Å²) in [5, 5.41) is 19.4. The first-order valence-corrected chi connectivity index (χ1v) is 6.79. The van der Waals surface area contributed by atoms with Crippen LogP contribution >= 0.6 is 0 Å². The summed E-state index contributed by atoms with van der Waals surface area (Å²) in [5.41, 5.74) is 0.901. The third kappa shape index (κ3) is 2.40. The summed E-state index contributed by atoms with van der Waals surface area (Å²) < 4.78 is 26.9. The van der Waals surface area contributed by atoms with Crippen LogP contribution in [-0.2, 0) is 10.1 Å². The van der Waals surface area contributed by atoms with Crippen molar-refractivity contribution in [1.29, 1.82) is 0 Å². The maximum Gasteiger partial charge on any atom is 0.324 e. The average molecular weight is 269 g/mol. The van der Waals surface area contributed by atoms with Gasteiger partial charge in [0.1, 0.15) is 0 Å². The van der Waals surface area contributed by atoms with E-state index < -0.39 is 21.9 Å². The number of benzene rings is 1. The highest BCUT2D eigenvalue weighted by Crippen LogP contribution is 2.35. The van der Waals surface area contributed by atoms with Gasteiger partial charge in [-0.2, -0.15) is 8.42 Å². The maximum atomic E-state index is 11.0. The molecule has 0 fully saturated rings. The van der Waals surface area contributed by atoms with Gasteiger partial charge in [-0.1, -0.05) is 35.1 Å². The lowest BCUT2D eigenvalue weighted by Gasteiger charge is -2.05. The summed E-state index contributed by atoms with van der Waals surface area (Å²) in [5.74, 6) is -0.985. The van der Waals surface area contributed by atoms with Crippen molar-refractivity contribution in [3.8, 4) is 22.9 Å². The SMILES string of the molecule is CS(=O)(=O)On1c(O)cc(-c2ccccc2)c1O. The average Bonchev–Trinajstić information content (AvgIpc) is 2.56. The van der Waals surface area contributed by atoms with Gasteiger partial charge in [0.25, 0.3) is 0 Å². The molecule has 18 heavy (non-hydrogen) atoms. The molecule has 2 rings (SSSR count). The van der Waals surface area contributed by atoms with Gasteiger partial charge in [-0.25, -0.2) is 0 Å². The minimum atomic E-state index is -3.85. The summed E-state index contributed by atoms with van der Waals surface area (Å²) in [6, 6.07) is 9.93. The van der Waals surface area contributed by atoms with Crippen molar-refractivity contribution in [2.45, 2.75) is 0 Å². The fraction of sp³-hybridized carbons (Fsp3) is 0.0909. The standard InChI is InChI=1S/C11H11NO5S/c1-18(15,16)17-12-10(13)7-9(11(12)14)8-5-3-2-4-6-8/h2-7,13-14H,1H3. The second-order valence-corrected chi connectivity index (χ2v) is 5.24. The van der Waals surface area contributed by atoms with E-state index in [2.05, 4.69) is 4.28 Å². The highest BCUT2D eigenvalue weighted by atomic mass is 32.2. The Morgan fingerprint density at radius 1 is 1.17 bits per heavy atom. The van der Waals surface area contributed by atoms with Crippen molar-refractivity contribution in [2.24, 2.45) is 0 Å². The molecular formula is C11H11NO5S. The van der Waals surface area contributed by atoms with Gasteiger partial charge in [-0.15, -0.1) is 0 Å². The monoisotopic (exact) mass is 269 g/mol. The molecule has 1 aromatic carbocycles. The van der Waals surface area contributed by atoms with Gasteiger partial charge in [0, 0.05) is 6.07 Å². The van der Waals surface area contributed by atoms with Crippen LogP contribution in [0.2, 0.25) is 0 Å². The predicted molar refractivity (Wildman–Crippen MR) is 64.6 cm³/mol. The molecule has 0 saturated heterocycles. The molecular weight excluding hydrogens is 258 g/mol. The molecule has 2 aromatic rings. The number of aromatic hydroxyl groups is 2. The van der Waals surface area contributed by atoms with E-state index in [1.165, 1.54) is 6.07 Å². The van der Waals surface area contributed by atoms with Crippen LogP contribution < -0.4 is 4.28 Å². The number of hydrogen-bond donors (Lipinski definition) is 2. The fourth-order valence-corrected chi connectivity index (χ4v) is 1.93. The molecule has 0 saturated carbocycles. The van der Waals surface area contributed by atoms with E-state index in [-0.39, 0.29) is 5.56 Å². The number of nitrogens with zero attached hydrogens (tertiary/aromatic N) is 1. The van der Waals surface area contributed by atoms with E-state index in [0.29, 0.717) is 10.3 Å². The fourth-order valence-electron chi connectivity index (χ4n) is 1.51. The molecule has 1 heterocycles. The van der Waals surface area contributed by atoms with Crippen molar-refractivity contribution in [3.05, 3.63) is 36.4 Å². The van der Waals surface area contributed by atoms with Gasteiger partial charge in [0.2, 0.25) is 11.8 Å². The molecule has 2 N–H and O–H groups in total. The van der Waals surface area contributed by atoms with Gasteiger partial charge in [0.05, 0.1) is 11.8 Å². The molecule has 0 spiro atoms. The van der Waals surface area contributed by atoms with Crippen molar-refractivity contribution < 1.29 is 22.9 Å². The first-order valence-electron chi connectivity index (χ1n) is 4.97. The summed E-state index contributed by atoms with van der Waals surface area (Å²) in [6.45, 7) is 0. The normalized spacial score (nSPS) is 11.4. The Morgan fingerprint density at radius 2 is 1.78 bits per heavy atom. The zero-order chi connectivity index (χ0) is 13.3. The quantitative estimate of drug-likeness (QED) is 0.866. The zero-order valence-electron chi connectivity index (χ0n) is 9.44. The van der Waals surface area contributed by atoms with E-state index in [0.717, 1.165) is 6.26 Å². The second kappa shape index (κ2) is 4.26. The van der Waals surface area contributed by atoms with Crippen molar-refractivity contribution in [1.82, 2.24) is 4.73 Å². The molecule has 0 radical (unpaired) electrons. The van der Waals surface area contributed by atoms with Crippen LogP contribution in [-0.4, -0.2) is 29.6 Å². The minimum absolute atomic E-state index is 0.275. The highest BCUT2D eigenvalue weighted by Gasteiger charge is 2.19. The molecule has 0 amide bonds. The summed E-state index contributed by atoms with van der Waals surface area (Å²) in [7, 11) is -3.85. The molecule has 1 aromatic heterocycles. The first kappa shape index (κ1) is 12.3. The third-order valence-corrected chi connectivity index (χ3v) is 2.63.